The average Bonchev–Trinajstić information content (AvgIpc) is 3.10. The predicted molar refractivity (Wildman–Crippen MR) is 198 cm³/mol. The van der Waals surface area contributed by atoms with E-state index in [1.54, 1.807) is 61.5 Å². The molecule has 53 heavy (non-hydrogen) atoms. The van der Waals surface area contributed by atoms with Crippen LogP contribution in [0, 0.1) is 13.8 Å². The summed E-state index contributed by atoms with van der Waals surface area (Å²) < 4.78 is 69.7. The van der Waals surface area contributed by atoms with E-state index in [1.165, 1.54) is 12.1 Å². The molecule has 15 nitrogen and oxygen atoms in total. The smallest absolute Gasteiger partial charge is 0.296 e. The van der Waals surface area contributed by atoms with Crippen molar-refractivity contribution in [1.82, 2.24) is 0 Å². The fourth-order valence-electron chi connectivity index (χ4n) is 5.34. The zero-order valence-electron chi connectivity index (χ0n) is 27.8. The molecule has 0 aliphatic carbocycles. The van der Waals surface area contributed by atoms with E-state index >= 15 is 0 Å². The van der Waals surface area contributed by atoms with Gasteiger partial charge in [-0.05, 0) is 114 Å². The van der Waals surface area contributed by atoms with Gasteiger partial charge in [0.15, 0.2) is 5.75 Å². The molecule has 6 rings (SSSR count). The van der Waals surface area contributed by atoms with Crippen molar-refractivity contribution in [2.45, 2.75) is 23.6 Å². The van der Waals surface area contributed by atoms with Gasteiger partial charge >= 0.3 is 0 Å². The van der Waals surface area contributed by atoms with E-state index in [1.807, 2.05) is 31.2 Å². The van der Waals surface area contributed by atoms with Crippen LogP contribution in [0.1, 0.15) is 11.1 Å². The molecule has 6 aromatic rings. The summed E-state index contributed by atoms with van der Waals surface area (Å²) >= 11 is 0. The number of nitrogen functional groups attached to an aromatic ring is 1. The van der Waals surface area contributed by atoms with Gasteiger partial charge in [0.05, 0.1) is 33.8 Å². The Labute approximate surface area is 303 Å². The van der Waals surface area contributed by atoms with Crippen molar-refractivity contribution < 1.29 is 36.2 Å². The Morgan fingerprint density at radius 3 is 1.55 bits per heavy atom. The number of aromatic hydroxyl groups is 2. The molecule has 0 aliphatic heterocycles. The molecule has 0 aromatic heterocycles. The number of anilines is 1. The number of benzene rings is 6. The molecule has 0 saturated carbocycles. The van der Waals surface area contributed by atoms with Crippen molar-refractivity contribution in [3.63, 3.8) is 0 Å². The molecule has 0 unspecified atom stereocenters. The van der Waals surface area contributed by atoms with Crippen molar-refractivity contribution >= 4 is 70.8 Å². The van der Waals surface area contributed by atoms with Crippen molar-refractivity contribution in [1.29, 1.82) is 0 Å². The molecule has 0 bridgehead atoms. The number of fused-ring (bicyclic) bond motifs is 1. The summed E-state index contributed by atoms with van der Waals surface area (Å²) in [6.07, 6.45) is 0. The minimum absolute atomic E-state index is 0.129. The normalized spacial score (nSPS) is 12.5. The lowest BCUT2D eigenvalue weighted by molar-refractivity contribution is 0.472. The Morgan fingerprint density at radius 2 is 1.02 bits per heavy atom. The number of azo groups is 3. The molecule has 0 radical (unpaired) electrons. The molecule has 0 atom stereocenters. The Balaban J connectivity index is 1.38. The minimum atomic E-state index is -5.05. The maximum atomic E-state index is 12.5. The minimum Gasteiger partial charge on any atom is -0.508 e. The zero-order valence-corrected chi connectivity index (χ0v) is 29.4. The van der Waals surface area contributed by atoms with E-state index in [0.717, 1.165) is 28.8 Å². The molecule has 0 heterocycles. The van der Waals surface area contributed by atoms with Gasteiger partial charge in [0.1, 0.15) is 26.9 Å². The maximum absolute atomic E-state index is 12.5. The fraction of sp³-hybridized carbons (Fsp3) is 0.0556. The van der Waals surface area contributed by atoms with Gasteiger partial charge < -0.3 is 15.9 Å². The van der Waals surface area contributed by atoms with Crippen molar-refractivity contribution in [3.8, 4) is 22.6 Å². The average molecular weight is 752 g/mol. The largest absolute Gasteiger partial charge is 0.508 e. The third-order valence-electron chi connectivity index (χ3n) is 8.00. The van der Waals surface area contributed by atoms with E-state index in [-0.39, 0.29) is 16.5 Å². The van der Waals surface area contributed by atoms with Crippen LogP contribution < -0.4 is 5.73 Å². The second-order valence-electron chi connectivity index (χ2n) is 11.7. The van der Waals surface area contributed by atoms with Gasteiger partial charge in [-0.2, -0.15) is 37.3 Å². The van der Waals surface area contributed by atoms with Crippen molar-refractivity contribution in [3.05, 3.63) is 114 Å². The molecule has 0 amide bonds. The first-order valence-electron chi connectivity index (χ1n) is 15.5. The third kappa shape index (κ3) is 7.92. The first-order chi connectivity index (χ1) is 25.1. The molecule has 268 valence electrons. The second-order valence-corrected chi connectivity index (χ2v) is 14.5. The highest BCUT2D eigenvalue weighted by Crippen LogP contribution is 2.48. The van der Waals surface area contributed by atoms with E-state index in [2.05, 4.69) is 30.7 Å². The molecule has 17 heteroatoms. The van der Waals surface area contributed by atoms with Crippen LogP contribution in [-0.4, -0.2) is 36.2 Å². The second kappa shape index (κ2) is 14.3. The Bertz CT molecular complexity index is 2720. The lowest BCUT2D eigenvalue weighted by Crippen LogP contribution is -2.03. The van der Waals surface area contributed by atoms with Crippen LogP contribution in [-0.2, 0) is 20.2 Å². The van der Waals surface area contributed by atoms with Crippen molar-refractivity contribution in [2.75, 3.05) is 5.73 Å². The number of nitrogens with zero attached hydrogens (tertiary/aromatic N) is 6. The SMILES string of the molecule is Cc1cc(-c2ccc(N=Nc3c(S(=O)(=O)O)cc4cc(S(=O)(=O)O)c(N=Nc5ccccc5)c(O)c4c3N)c(C)c2)ccc1N=Nc1ccc(O)cc1. The Hall–Kier alpha value is -6.40. The standard InChI is InChI=1S/C36H29N7O8S2/c1-20-16-22(8-14-28(20)40-38-26-10-12-27(44)13-11-26)23-9-15-29(21(2)17-23)41-42-34-30(52(46,47)48)18-24-19-31(53(49,50)51)35(36(45)32(24)33(34)37)43-39-25-6-4-3-5-7-25/h3-19,44-45H,37H2,1-2H3,(H,46,47,48)(H,49,50,51). The number of rotatable bonds is 9. The highest BCUT2D eigenvalue weighted by atomic mass is 32.2. The number of aryl methyl sites for hydroxylation is 2. The van der Waals surface area contributed by atoms with Gasteiger partial charge in [-0.15, -0.1) is 10.2 Å². The Morgan fingerprint density at radius 1 is 0.547 bits per heavy atom. The summed E-state index contributed by atoms with van der Waals surface area (Å²) in [4.78, 5) is -1.73. The van der Waals surface area contributed by atoms with Gasteiger partial charge in [0.2, 0.25) is 0 Å². The molecular formula is C36H29N7O8S2. The summed E-state index contributed by atoms with van der Waals surface area (Å²) in [6, 6.07) is 27.0. The molecule has 0 aliphatic rings. The van der Waals surface area contributed by atoms with E-state index in [0.29, 0.717) is 28.3 Å². The lowest BCUT2D eigenvalue weighted by Gasteiger charge is -2.14. The fourth-order valence-corrected chi connectivity index (χ4v) is 6.66. The monoisotopic (exact) mass is 751 g/mol. The van der Waals surface area contributed by atoms with Crippen LogP contribution in [0.15, 0.2) is 144 Å². The van der Waals surface area contributed by atoms with Gasteiger partial charge in [0, 0.05) is 0 Å². The quantitative estimate of drug-likeness (QED) is 0.0534. The van der Waals surface area contributed by atoms with Crippen LogP contribution in [0.4, 0.5) is 39.8 Å². The molecule has 6 aromatic carbocycles. The molecule has 0 spiro atoms. The topological polar surface area (TPSA) is 249 Å². The number of phenolic OH excluding ortho intramolecular Hbond substituents is 2. The van der Waals surface area contributed by atoms with E-state index in [9.17, 15) is 36.2 Å². The zero-order chi connectivity index (χ0) is 38.1. The summed E-state index contributed by atoms with van der Waals surface area (Å²) in [5.41, 5.74) is 9.66. The van der Waals surface area contributed by atoms with E-state index in [4.69, 9.17) is 5.73 Å². The predicted octanol–water partition coefficient (Wildman–Crippen LogP) is 9.86. The third-order valence-corrected chi connectivity index (χ3v) is 9.73. The van der Waals surface area contributed by atoms with Crippen LogP contribution in [0.2, 0.25) is 0 Å². The van der Waals surface area contributed by atoms with Crippen LogP contribution in [0.25, 0.3) is 21.9 Å². The first kappa shape index (κ1) is 36.4. The lowest BCUT2D eigenvalue weighted by atomic mass is 10.0. The number of hydrogen-bond donors (Lipinski definition) is 5. The molecule has 0 saturated heterocycles. The van der Waals surface area contributed by atoms with Gasteiger partial charge in [-0.3, -0.25) is 9.11 Å². The van der Waals surface area contributed by atoms with Gasteiger partial charge in [-0.1, -0.05) is 30.3 Å². The number of nitrogens with two attached hydrogens (primary N) is 1. The Kier molecular flexibility index (Phi) is 9.83. The first-order valence-corrected chi connectivity index (χ1v) is 18.4. The van der Waals surface area contributed by atoms with Crippen LogP contribution in [0.5, 0.6) is 11.5 Å². The summed E-state index contributed by atoms with van der Waals surface area (Å²) in [5.74, 6) is -0.723. The van der Waals surface area contributed by atoms with Crippen LogP contribution in [0.3, 0.4) is 0 Å². The molecule has 6 N–H and O–H groups in total. The molecular weight excluding hydrogens is 723 g/mol. The van der Waals surface area contributed by atoms with E-state index < -0.39 is 52.8 Å². The number of hydrogen-bond acceptors (Lipinski definition) is 13. The molecule has 0 fully saturated rings. The summed E-state index contributed by atoms with van der Waals surface area (Å²) in [6.45, 7) is 3.65. The highest BCUT2D eigenvalue weighted by Gasteiger charge is 2.28. The maximum Gasteiger partial charge on any atom is 0.296 e. The summed E-state index contributed by atoms with van der Waals surface area (Å²) in [5, 5.41) is 44.7. The van der Waals surface area contributed by atoms with Crippen LogP contribution >= 0.6 is 0 Å². The van der Waals surface area contributed by atoms with Gasteiger partial charge in [0.25, 0.3) is 20.2 Å². The van der Waals surface area contributed by atoms with Crippen molar-refractivity contribution in [2.24, 2.45) is 30.7 Å². The highest BCUT2D eigenvalue weighted by molar-refractivity contribution is 7.86. The number of phenols is 2. The summed E-state index contributed by atoms with van der Waals surface area (Å²) in [7, 11) is -10.1. The van der Waals surface area contributed by atoms with Gasteiger partial charge in [-0.25, -0.2) is 0 Å².